The average Bonchev–Trinajstić information content (AvgIpc) is 3.03. The van der Waals surface area contributed by atoms with Gasteiger partial charge in [-0.25, -0.2) is 0 Å². The van der Waals surface area contributed by atoms with Gasteiger partial charge in [-0.05, 0) is 12.8 Å². The minimum absolute atomic E-state index is 0.0525. The molecule has 0 aliphatic rings. The number of nitrogens with zero attached hydrogens (tertiary/aromatic N) is 1. The molecule has 0 aromatic carbocycles. The summed E-state index contributed by atoms with van der Waals surface area (Å²) in [5.41, 5.74) is 0. The molecular weight excluding hydrogens is 609 g/mol. The van der Waals surface area contributed by atoms with Crippen LogP contribution in [-0.2, 0) is 9.09 Å². The third-order valence-corrected chi connectivity index (χ3v) is 11.9. The number of unbranched alkanes of at least 4 members (excludes halogenated alkanes) is 30. The molecule has 0 aromatic heterocycles. The summed E-state index contributed by atoms with van der Waals surface area (Å²) in [6.07, 6.45) is 46.8. The third kappa shape index (κ3) is 38.9. The van der Waals surface area contributed by atoms with Crippen LogP contribution in [0.2, 0.25) is 0 Å². The standard InChI is InChI=1S/C43H90NO3P/c1-6-8-10-12-14-16-18-20-22-24-26-28-30-32-34-36-39-43(47-48(45,46)42-38-41-44(3,4)5)40-37-35-33-31-29-27-25-23-21-19-17-15-13-11-9-7-2/h43H,6-42H2,1-5H3/p+1. The second-order valence-corrected chi connectivity index (χ2v) is 18.6. The fourth-order valence-electron chi connectivity index (χ4n) is 7.12. The monoisotopic (exact) mass is 701 g/mol. The van der Waals surface area contributed by atoms with Crippen molar-refractivity contribution in [3.63, 3.8) is 0 Å². The Kier molecular flexibility index (Phi) is 35.6. The first-order chi connectivity index (χ1) is 23.2. The van der Waals surface area contributed by atoms with E-state index in [2.05, 4.69) is 35.0 Å². The van der Waals surface area contributed by atoms with Crippen molar-refractivity contribution in [1.82, 2.24) is 0 Å². The topological polar surface area (TPSA) is 46.5 Å². The number of hydrogen-bond donors (Lipinski definition) is 1. The van der Waals surface area contributed by atoms with Gasteiger partial charge >= 0.3 is 7.60 Å². The number of quaternary nitrogens is 1. The minimum Gasteiger partial charge on any atom is -0.331 e. The van der Waals surface area contributed by atoms with Gasteiger partial charge < -0.3 is 13.9 Å². The van der Waals surface area contributed by atoms with Gasteiger partial charge in [0.1, 0.15) is 0 Å². The Morgan fingerprint density at radius 3 is 0.938 bits per heavy atom. The summed E-state index contributed by atoms with van der Waals surface area (Å²) in [6, 6.07) is 0. The predicted octanol–water partition coefficient (Wildman–Crippen LogP) is 15.0. The van der Waals surface area contributed by atoms with Gasteiger partial charge in [-0.2, -0.15) is 0 Å². The van der Waals surface area contributed by atoms with E-state index in [0.29, 0.717) is 0 Å². The molecule has 0 aliphatic heterocycles. The Bertz CT molecular complexity index is 643. The zero-order valence-corrected chi connectivity index (χ0v) is 34.8. The molecule has 0 radical (unpaired) electrons. The lowest BCUT2D eigenvalue weighted by molar-refractivity contribution is -0.870. The molecule has 1 N–H and O–H groups in total. The number of rotatable bonds is 40. The van der Waals surface area contributed by atoms with Gasteiger partial charge in [0.05, 0.1) is 40.0 Å². The van der Waals surface area contributed by atoms with Gasteiger partial charge in [-0.1, -0.05) is 219 Å². The van der Waals surface area contributed by atoms with Crippen LogP contribution < -0.4 is 0 Å². The maximum Gasteiger partial charge on any atom is 0.328 e. The summed E-state index contributed by atoms with van der Waals surface area (Å²) in [5, 5.41) is 0. The highest BCUT2D eigenvalue weighted by Gasteiger charge is 2.25. The fourth-order valence-corrected chi connectivity index (χ4v) is 8.44. The first-order valence-electron chi connectivity index (χ1n) is 22.0. The van der Waals surface area contributed by atoms with Crippen LogP contribution in [0.1, 0.15) is 239 Å². The molecule has 0 fully saturated rings. The van der Waals surface area contributed by atoms with E-state index in [0.717, 1.165) is 43.1 Å². The Morgan fingerprint density at radius 2 is 0.688 bits per heavy atom. The van der Waals surface area contributed by atoms with Gasteiger partial charge in [0, 0.05) is 6.42 Å². The van der Waals surface area contributed by atoms with Crippen LogP contribution in [0.25, 0.3) is 0 Å². The van der Waals surface area contributed by atoms with E-state index >= 15 is 0 Å². The second kappa shape index (κ2) is 35.5. The summed E-state index contributed by atoms with van der Waals surface area (Å²) in [4.78, 5) is 10.7. The van der Waals surface area contributed by atoms with Gasteiger partial charge in [0.15, 0.2) is 0 Å². The van der Waals surface area contributed by atoms with Gasteiger partial charge in [-0.3, -0.25) is 4.57 Å². The lowest BCUT2D eigenvalue weighted by atomic mass is 10.0. The lowest BCUT2D eigenvalue weighted by Crippen LogP contribution is -2.35. The van der Waals surface area contributed by atoms with Crippen LogP contribution >= 0.6 is 7.60 Å². The molecule has 48 heavy (non-hydrogen) atoms. The molecule has 0 aliphatic carbocycles. The molecule has 290 valence electrons. The van der Waals surface area contributed by atoms with E-state index in [-0.39, 0.29) is 12.3 Å². The molecule has 0 saturated heterocycles. The van der Waals surface area contributed by atoms with Gasteiger partial charge in [0.2, 0.25) is 0 Å². The molecule has 0 heterocycles. The van der Waals surface area contributed by atoms with Crippen LogP contribution in [0, 0.1) is 0 Å². The molecule has 0 amide bonds. The smallest absolute Gasteiger partial charge is 0.328 e. The molecule has 0 spiro atoms. The predicted molar refractivity (Wildman–Crippen MR) is 215 cm³/mol. The normalized spacial score (nSPS) is 13.5. The zero-order chi connectivity index (χ0) is 35.4. The van der Waals surface area contributed by atoms with E-state index in [1.165, 1.54) is 193 Å². The molecule has 1 unspecified atom stereocenters. The molecule has 0 rings (SSSR count). The van der Waals surface area contributed by atoms with Crippen molar-refractivity contribution < 1.29 is 18.5 Å². The first-order valence-corrected chi connectivity index (χ1v) is 23.8. The zero-order valence-electron chi connectivity index (χ0n) is 33.9. The van der Waals surface area contributed by atoms with E-state index in [4.69, 9.17) is 4.52 Å². The van der Waals surface area contributed by atoms with Crippen LogP contribution in [0.15, 0.2) is 0 Å². The van der Waals surface area contributed by atoms with Crippen LogP contribution in [0.3, 0.4) is 0 Å². The summed E-state index contributed by atoms with van der Waals surface area (Å²) >= 11 is 0. The Hall–Kier alpha value is 0.110. The molecule has 0 aromatic rings. The molecule has 0 bridgehead atoms. The molecule has 0 saturated carbocycles. The van der Waals surface area contributed by atoms with E-state index in [1.54, 1.807) is 0 Å². The van der Waals surface area contributed by atoms with Crippen molar-refractivity contribution in [3.05, 3.63) is 0 Å². The van der Waals surface area contributed by atoms with Crippen molar-refractivity contribution in [2.45, 2.75) is 245 Å². The van der Waals surface area contributed by atoms with E-state index < -0.39 is 7.60 Å². The maximum absolute atomic E-state index is 13.0. The lowest BCUT2D eigenvalue weighted by Gasteiger charge is -2.25. The number of hydrogen-bond acceptors (Lipinski definition) is 2. The summed E-state index contributed by atoms with van der Waals surface area (Å²) in [7, 11) is 2.89. The first kappa shape index (κ1) is 48.1. The van der Waals surface area contributed by atoms with E-state index in [1.807, 2.05) is 0 Å². The van der Waals surface area contributed by atoms with Gasteiger partial charge in [0.25, 0.3) is 0 Å². The summed E-state index contributed by atoms with van der Waals surface area (Å²) in [6.45, 7) is 5.49. The molecular formula is C43H91NO3P+. The quantitative estimate of drug-likeness (QED) is 0.0393. The molecule has 5 heteroatoms. The second-order valence-electron chi connectivity index (χ2n) is 16.6. The average molecular weight is 701 g/mol. The summed E-state index contributed by atoms with van der Waals surface area (Å²) < 4.78 is 19.8. The van der Waals surface area contributed by atoms with Crippen molar-refractivity contribution >= 4 is 7.60 Å². The van der Waals surface area contributed by atoms with Gasteiger partial charge in [-0.15, -0.1) is 0 Å². The molecule has 4 nitrogen and oxygen atoms in total. The van der Waals surface area contributed by atoms with Crippen LogP contribution in [-0.4, -0.2) is 49.3 Å². The Morgan fingerprint density at radius 1 is 0.438 bits per heavy atom. The van der Waals surface area contributed by atoms with Crippen molar-refractivity contribution in [1.29, 1.82) is 0 Å². The van der Waals surface area contributed by atoms with Crippen LogP contribution in [0.5, 0.6) is 0 Å². The highest BCUT2D eigenvalue weighted by molar-refractivity contribution is 7.52. The summed E-state index contributed by atoms with van der Waals surface area (Å²) in [5.74, 6) is 0. The van der Waals surface area contributed by atoms with Crippen molar-refractivity contribution in [2.75, 3.05) is 33.8 Å². The highest BCUT2D eigenvalue weighted by atomic mass is 31.2. The van der Waals surface area contributed by atoms with E-state index in [9.17, 15) is 9.46 Å². The SMILES string of the molecule is CCCCCCCCCCCCCCCCCCC(CCCCCCCCCCCCCCCCCC)OP(=O)(O)CCC[N+](C)(C)C. The maximum atomic E-state index is 13.0. The van der Waals surface area contributed by atoms with Crippen molar-refractivity contribution in [3.8, 4) is 0 Å². The molecule has 1 atom stereocenters. The highest BCUT2D eigenvalue weighted by Crippen LogP contribution is 2.45. The van der Waals surface area contributed by atoms with Crippen LogP contribution in [0.4, 0.5) is 0 Å². The Balaban J connectivity index is 4.05. The van der Waals surface area contributed by atoms with Crippen molar-refractivity contribution in [2.24, 2.45) is 0 Å². The third-order valence-electron chi connectivity index (χ3n) is 10.3. The minimum atomic E-state index is -3.53. The fraction of sp³-hybridized carbons (Fsp3) is 1.00. The Labute approximate surface area is 303 Å². The largest absolute Gasteiger partial charge is 0.331 e.